The molecule has 0 saturated heterocycles. The van der Waals surface area contributed by atoms with Gasteiger partial charge in [0.2, 0.25) is 0 Å². The second kappa shape index (κ2) is 18.3. The number of hydrogen-bond donors (Lipinski definition) is 0. The average molecular weight is 355 g/mol. The van der Waals surface area contributed by atoms with E-state index in [9.17, 15) is 4.79 Å². The number of unbranched alkanes of at least 4 members (excludes halogenated alkanes) is 10. The van der Waals surface area contributed by atoms with Crippen LogP contribution in [0.1, 0.15) is 124 Å². The first-order valence-electron chi connectivity index (χ1n) is 11.4. The quantitative estimate of drug-likeness (QED) is 0.186. The number of rotatable bonds is 18. The van der Waals surface area contributed by atoms with Gasteiger partial charge in [0.15, 0.2) is 0 Å². The topological polar surface area (TPSA) is 26.3 Å². The summed E-state index contributed by atoms with van der Waals surface area (Å²) < 4.78 is 5.55. The third-order valence-electron chi connectivity index (χ3n) is 5.60. The molecule has 2 nitrogen and oxygen atoms in total. The van der Waals surface area contributed by atoms with E-state index in [0.717, 1.165) is 25.7 Å². The number of hydrogen-bond acceptors (Lipinski definition) is 2. The van der Waals surface area contributed by atoms with E-state index in [4.69, 9.17) is 4.74 Å². The molecule has 0 fully saturated rings. The lowest BCUT2D eigenvalue weighted by Gasteiger charge is -2.17. The summed E-state index contributed by atoms with van der Waals surface area (Å²) in [6, 6.07) is 0. The fourth-order valence-electron chi connectivity index (χ4n) is 3.39. The van der Waals surface area contributed by atoms with Gasteiger partial charge in [0.25, 0.3) is 0 Å². The Morgan fingerprint density at radius 1 is 0.680 bits per heavy atom. The van der Waals surface area contributed by atoms with Gasteiger partial charge >= 0.3 is 5.97 Å². The predicted molar refractivity (Wildman–Crippen MR) is 110 cm³/mol. The van der Waals surface area contributed by atoms with E-state index in [2.05, 4.69) is 27.7 Å². The second-order valence-electron chi connectivity index (χ2n) is 7.74. The summed E-state index contributed by atoms with van der Waals surface area (Å²) in [6.45, 7) is 9.34. The summed E-state index contributed by atoms with van der Waals surface area (Å²) in [5.41, 5.74) is 0. The molecule has 25 heavy (non-hydrogen) atoms. The number of carbonyl (C=O) groups is 1. The fraction of sp³-hybridized carbons (Fsp3) is 0.957. The van der Waals surface area contributed by atoms with Crippen molar-refractivity contribution in [3.8, 4) is 0 Å². The van der Waals surface area contributed by atoms with Crippen molar-refractivity contribution in [1.29, 1.82) is 0 Å². The smallest absolute Gasteiger partial charge is 0.308 e. The lowest BCUT2D eigenvalue weighted by atomic mass is 9.97. The van der Waals surface area contributed by atoms with E-state index in [1.54, 1.807) is 0 Å². The third-order valence-corrected chi connectivity index (χ3v) is 5.60. The second-order valence-corrected chi connectivity index (χ2v) is 7.74. The van der Waals surface area contributed by atoms with Gasteiger partial charge in [-0.3, -0.25) is 4.79 Å². The molecular weight excluding hydrogens is 308 g/mol. The van der Waals surface area contributed by atoms with Gasteiger partial charge in [-0.15, -0.1) is 0 Å². The van der Waals surface area contributed by atoms with Crippen molar-refractivity contribution < 1.29 is 9.53 Å². The lowest BCUT2D eigenvalue weighted by Crippen LogP contribution is -2.20. The Balaban J connectivity index is 3.58. The molecular formula is C23H46O2. The monoisotopic (exact) mass is 354 g/mol. The van der Waals surface area contributed by atoms with Gasteiger partial charge in [0.1, 0.15) is 0 Å². The van der Waals surface area contributed by atoms with Gasteiger partial charge in [-0.2, -0.15) is 0 Å². The van der Waals surface area contributed by atoms with Crippen molar-refractivity contribution >= 4 is 5.97 Å². The molecule has 0 aliphatic rings. The molecule has 0 aromatic carbocycles. The van der Waals surface area contributed by atoms with E-state index in [0.29, 0.717) is 12.5 Å². The zero-order valence-electron chi connectivity index (χ0n) is 17.8. The zero-order chi connectivity index (χ0) is 18.8. The van der Waals surface area contributed by atoms with Crippen LogP contribution >= 0.6 is 0 Å². The van der Waals surface area contributed by atoms with E-state index in [1.807, 2.05) is 0 Å². The van der Waals surface area contributed by atoms with Crippen LogP contribution in [-0.4, -0.2) is 12.6 Å². The van der Waals surface area contributed by atoms with Gasteiger partial charge in [-0.05, 0) is 18.8 Å². The highest BCUT2D eigenvalue weighted by atomic mass is 16.5. The minimum Gasteiger partial charge on any atom is -0.465 e. The number of carbonyl (C=O) groups excluding carboxylic acids is 1. The van der Waals surface area contributed by atoms with E-state index in [1.165, 1.54) is 70.6 Å². The van der Waals surface area contributed by atoms with Crippen LogP contribution in [0.4, 0.5) is 0 Å². The van der Waals surface area contributed by atoms with Gasteiger partial charge in [0, 0.05) is 0 Å². The molecule has 0 rings (SSSR count). The molecule has 0 aliphatic heterocycles. The standard InChI is InChI=1S/C23H46O2/c1-5-9-10-11-12-13-14-15-16-17-18-19-22(8-4)23(24)25-20-21(6-2)7-3/h21-22H,5-20H2,1-4H3. The van der Waals surface area contributed by atoms with Crippen LogP contribution in [0.5, 0.6) is 0 Å². The maximum absolute atomic E-state index is 12.2. The first-order chi connectivity index (χ1) is 12.2. The molecule has 0 aliphatic carbocycles. The van der Waals surface area contributed by atoms with Crippen molar-refractivity contribution in [2.45, 2.75) is 124 Å². The number of ether oxygens (including phenoxy) is 1. The highest BCUT2D eigenvalue weighted by Gasteiger charge is 2.18. The molecule has 150 valence electrons. The normalized spacial score (nSPS) is 12.5. The molecule has 2 heteroatoms. The zero-order valence-corrected chi connectivity index (χ0v) is 17.8. The van der Waals surface area contributed by atoms with Gasteiger partial charge < -0.3 is 4.74 Å². The summed E-state index contributed by atoms with van der Waals surface area (Å²) in [5.74, 6) is 0.692. The first-order valence-corrected chi connectivity index (χ1v) is 11.4. The Kier molecular flexibility index (Phi) is 17.9. The van der Waals surface area contributed by atoms with Crippen molar-refractivity contribution in [3.05, 3.63) is 0 Å². The Morgan fingerprint density at radius 2 is 1.16 bits per heavy atom. The van der Waals surface area contributed by atoms with Gasteiger partial charge in [-0.25, -0.2) is 0 Å². The molecule has 0 amide bonds. The van der Waals surface area contributed by atoms with E-state index < -0.39 is 0 Å². The first kappa shape index (κ1) is 24.5. The van der Waals surface area contributed by atoms with Crippen molar-refractivity contribution in [3.63, 3.8) is 0 Å². The molecule has 0 saturated carbocycles. The molecule has 0 aromatic rings. The average Bonchev–Trinajstić information content (AvgIpc) is 2.63. The molecule has 0 spiro atoms. The van der Waals surface area contributed by atoms with Crippen molar-refractivity contribution in [2.24, 2.45) is 11.8 Å². The van der Waals surface area contributed by atoms with Gasteiger partial charge in [0.05, 0.1) is 12.5 Å². The highest BCUT2D eigenvalue weighted by Crippen LogP contribution is 2.18. The van der Waals surface area contributed by atoms with Crippen LogP contribution in [0, 0.1) is 11.8 Å². The van der Waals surface area contributed by atoms with Crippen LogP contribution < -0.4 is 0 Å². The molecule has 0 bridgehead atoms. The Morgan fingerprint density at radius 3 is 1.60 bits per heavy atom. The summed E-state index contributed by atoms with van der Waals surface area (Å²) in [4.78, 5) is 12.2. The maximum atomic E-state index is 12.2. The minimum absolute atomic E-state index is 0.0430. The highest BCUT2D eigenvalue weighted by molar-refractivity contribution is 5.72. The Bertz CT molecular complexity index is 284. The SMILES string of the molecule is CCCCCCCCCCCCCC(CC)C(=O)OCC(CC)CC. The minimum atomic E-state index is 0.0430. The lowest BCUT2D eigenvalue weighted by molar-refractivity contribution is -0.150. The third kappa shape index (κ3) is 14.3. The summed E-state index contributed by atoms with van der Waals surface area (Å²) in [5, 5.41) is 0. The van der Waals surface area contributed by atoms with E-state index >= 15 is 0 Å². The molecule has 1 unspecified atom stereocenters. The number of esters is 1. The molecule has 0 N–H and O–H groups in total. The van der Waals surface area contributed by atoms with E-state index in [-0.39, 0.29) is 11.9 Å². The maximum Gasteiger partial charge on any atom is 0.308 e. The molecule has 0 radical (unpaired) electrons. The largest absolute Gasteiger partial charge is 0.465 e. The van der Waals surface area contributed by atoms with Gasteiger partial charge in [-0.1, -0.05) is 111 Å². The van der Waals surface area contributed by atoms with Crippen LogP contribution in [-0.2, 0) is 9.53 Å². The molecule has 0 aromatic heterocycles. The van der Waals surface area contributed by atoms with Crippen LogP contribution in [0.15, 0.2) is 0 Å². The molecule has 1 atom stereocenters. The Labute approximate surface area is 158 Å². The van der Waals surface area contributed by atoms with Crippen molar-refractivity contribution in [2.75, 3.05) is 6.61 Å². The van der Waals surface area contributed by atoms with Crippen LogP contribution in [0.3, 0.4) is 0 Å². The van der Waals surface area contributed by atoms with Crippen LogP contribution in [0.25, 0.3) is 0 Å². The fourth-order valence-corrected chi connectivity index (χ4v) is 3.39. The van der Waals surface area contributed by atoms with Crippen molar-refractivity contribution in [1.82, 2.24) is 0 Å². The van der Waals surface area contributed by atoms with Crippen LogP contribution in [0.2, 0.25) is 0 Å². The summed E-state index contributed by atoms with van der Waals surface area (Å²) in [6.07, 6.45) is 19.0. The Hall–Kier alpha value is -0.530. The summed E-state index contributed by atoms with van der Waals surface area (Å²) in [7, 11) is 0. The predicted octanol–water partition coefficient (Wildman–Crippen LogP) is 7.69. The summed E-state index contributed by atoms with van der Waals surface area (Å²) >= 11 is 0. The molecule has 0 heterocycles.